The van der Waals surface area contributed by atoms with Crippen molar-refractivity contribution in [3.8, 4) is 33.8 Å². The highest BCUT2D eigenvalue weighted by Gasteiger charge is 2.18. The number of hydrogen-bond acceptors (Lipinski definition) is 11. The highest BCUT2D eigenvalue weighted by molar-refractivity contribution is 6.06. The van der Waals surface area contributed by atoms with Crippen LogP contribution in [0.1, 0.15) is 71.1 Å². The summed E-state index contributed by atoms with van der Waals surface area (Å²) in [7, 11) is 0. The smallest absolute Gasteiger partial charge is 0.344 e. The normalized spacial score (nSPS) is 11.5. The summed E-state index contributed by atoms with van der Waals surface area (Å²) in [5, 5.41) is 13.9. The number of aliphatic carboxylic acids is 1. The third kappa shape index (κ3) is 13.2. The molecular weight excluding hydrogens is 815 g/mol. The number of benzene rings is 4. The van der Waals surface area contributed by atoms with E-state index in [1.165, 1.54) is 24.5 Å². The molecule has 0 spiro atoms. The summed E-state index contributed by atoms with van der Waals surface area (Å²) >= 11 is 0. The molecule has 2 unspecified atom stereocenters. The van der Waals surface area contributed by atoms with Gasteiger partial charge in [-0.3, -0.25) is 19.6 Å². The number of nitrogens with one attached hydrogen (secondary N) is 2. The molecule has 4 aromatic carbocycles. The van der Waals surface area contributed by atoms with Crippen molar-refractivity contribution in [1.82, 2.24) is 9.97 Å². The summed E-state index contributed by atoms with van der Waals surface area (Å²) in [5.74, 6) is -2.90. The molecule has 14 nitrogen and oxygen atoms in total. The third-order valence-corrected chi connectivity index (χ3v) is 9.13. The van der Waals surface area contributed by atoms with Gasteiger partial charge in [0.05, 0.1) is 30.4 Å². The number of amides is 2. The molecule has 0 saturated heterocycles. The van der Waals surface area contributed by atoms with Crippen LogP contribution in [-0.2, 0) is 14.3 Å². The van der Waals surface area contributed by atoms with Gasteiger partial charge in [-0.1, -0.05) is 43.3 Å². The quantitative estimate of drug-likeness (QED) is 0.0583. The van der Waals surface area contributed by atoms with Gasteiger partial charge in [-0.15, -0.1) is 0 Å². The van der Waals surface area contributed by atoms with Crippen molar-refractivity contribution in [2.45, 2.75) is 39.3 Å². The highest BCUT2D eigenvalue weighted by Crippen LogP contribution is 2.33. The minimum Gasteiger partial charge on any atom is -0.482 e. The van der Waals surface area contributed by atoms with Crippen LogP contribution >= 0.6 is 0 Å². The fraction of sp³-hybridized carbons (Fsp3) is 0.191. The molecule has 0 aliphatic heterocycles. The lowest BCUT2D eigenvalue weighted by Gasteiger charge is -2.16. The molecule has 326 valence electrons. The monoisotopic (exact) mass is 860 g/mol. The Morgan fingerprint density at radius 1 is 0.667 bits per heavy atom. The lowest BCUT2D eigenvalue weighted by Crippen LogP contribution is -2.15. The molecule has 2 atom stereocenters. The summed E-state index contributed by atoms with van der Waals surface area (Å²) in [6, 6.07) is 26.2. The number of esters is 1. The van der Waals surface area contributed by atoms with Crippen molar-refractivity contribution in [2.24, 2.45) is 11.5 Å². The SMILES string of the molecule is CC(N)c1ccc(C(=O)Nc2ccncc2F)cc1-c1cccc(OCC(=O)O)c1.CCCOC(=O)COc1cccc(-c2cc(C(=O)Nc3ccncc3F)ccc2C(C)N)c1. The predicted octanol–water partition coefficient (Wildman–Crippen LogP) is 8.11. The summed E-state index contributed by atoms with van der Waals surface area (Å²) in [5.41, 5.74) is 17.4. The van der Waals surface area contributed by atoms with Gasteiger partial charge in [-0.25, -0.2) is 18.4 Å². The van der Waals surface area contributed by atoms with Crippen LogP contribution in [0.4, 0.5) is 20.2 Å². The molecule has 0 radical (unpaired) electrons. The molecule has 7 N–H and O–H groups in total. The molecular formula is C47H46F2N6O8. The molecule has 0 saturated carbocycles. The Morgan fingerprint density at radius 2 is 1.13 bits per heavy atom. The zero-order chi connectivity index (χ0) is 45.5. The number of carboxylic acid groups (broad SMARTS) is 1. The number of pyridine rings is 2. The molecule has 2 aromatic heterocycles. The first-order valence-corrected chi connectivity index (χ1v) is 19.7. The number of carbonyl (C=O) groups excluding carboxylic acids is 3. The average Bonchev–Trinajstić information content (AvgIpc) is 3.28. The number of carbonyl (C=O) groups is 4. The Kier molecular flexibility index (Phi) is 16.5. The zero-order valence-electron chi connectivity index (χ0n) is 34.6. The zero-order valence-corrected chi connectivity index (χ0v) is 34.6. The molecule has 0 bridgehead atoms. The summed E-state index contributed by atoms with van der Waals surface area (Å²) < 4.78 is 43.5. The molecule has 2 heterocycles. The van der Waals surface area contributed by atoms with Crippen LogP contribution in [0.5, 0.6) is 11.5 Å². The molecule has 0 aliphatic carbocycles. The van der Waals surface area contributed by atoms with Crippen LogP contribution in [0.25, 0.3) is 22.3 Å². The standard InChI is InChI=1S/C25H26FN3O4.C22H20FN3O4/c1-3-11-32-24(30)15-33-19-6-4-5-17(12-19)21-13-18(7-8-20(21)16(2)27)25(31)29-23-9-10-28-14-22(23)26;1-13(24)17-6-5-15(22(29)26-20-7-8-25-11-19(20)23)10-18(17)14-3-2-4-16(9-14)30-12-21(27)28/h4-10,12-14,16H,3,11,15,27H2,1-2H3,(H,28,29,31);2-11,13H,12,24H2,1H3,(H,27,28)(H,25,26,29). The van der Waals surface area contributed by atoms with Crippen LogP contribution < -0.4 is 31.6 Å². The van der Waals surface area contributed by atoms with Crippen LogP contribution in [0.3, 0.4) is 0 Å². The van der Waals surface area contributed by atoms with E-state index in [1.807, 2.05) is 26.8 Å². The first-order valence-electron chi connectivity index (χ1n) is 19.7. The molecule has 6 aromatic rings. The van der Waals surface area contributed by atoms with Gasteiger partial charge < -0.3 is 41.4 Å². The topological polar surface area (TPSA) is 218 Å². The van der Waals surface area contributed by atoms with E-state index in [0.29, 0.717) is 40.4 Å². The number of hydrogen-bond donors (Lipinski definition) is 5. The fourth-order valence-electron chi connectivity index (χ4n) is 6.08. The number of ether oxygens (including phenoxy) is 3. The Hall–Kier alpha value is -7.56. The largest absolute Gasteiger partial charge is 0.482 e. The van der Waals surface area contributed by atoms with Crippen molar-refractivity contribution < 1.29 is 47.3 Å². The van der Waals surface area contributed by atoms with E-state index < -0.39 is 42.0 Å². The van der Waals surface area contributed by atoms with Crippen LogP contribution in [0, 0.1) is 11.6 Å². The van der Waals surface area contributed by atoms with E-state index in [-0.39, 0.29) is 30.1 Å². The van der Waals surface area contributed by atoms with Crippen molar-refractivity contribution in [3.05, 3.63) is 156 Å². The molecule has 63 heavy (non-hydrogen) atoms. The number of nitrogens with two attached hydrogens (primary N) is 2. The van der Waals surface area contributed by atoms with Crippen molar-refractivity contribution in [1.29, 1.82) is 0 Å². The van der Waals surface area contributed by atoms with E-state index in [1.54, 1.807) is 78.9 Å². The van der Waals surface area contributed by atoms with E-state index in [9.17, 15) is 28.0 Å². The Balaban J connectivity index is 0.000000239. The summed E-state index contributed by atoms with van der Waals surface area (Å²) in [4.78, 5) is 55.2. The minimum absolute atomic E-state index is 0.0249. The van der Waals surface area contributed by atoms with Gasteiger partial charge in [-0.2, -0.15) is 0 Å². The van der Waals surface area contributed by atoms with Crippen LogP contribution in [0.2, 0.25) is 0 Å². The maximum atomic E-state index is 13.9. The Bertz CT molecular complexity index is 2570. The molecule has 2 amide bonds. The van der Waals surface area contributed by atoms with E-state index in [0.717, 1.165) is 41.1 Å². The van der Waals surface area contributed by atoms with E-state index in [2.05, 4.69) is 20.6 Å². The van der Waals surface area contributed by atoms with Gasteiger partial charge in [0, 0.05) is 35.6 Å². The second kappa shape index (κ2) is 22.3. The third-order valence-electron chi connectivity index (χ3n) is 9.13. The lowest BCUT2D eigenvalue weighted by molar-refractivity contribution is -0.146. The molecule has 0 aliphatic rings. The van der Waals surface area contributed by atoms with Gasteiger partial charge >= 0.3 is 11.9 Å². The first kappa shape index (κ1) is 46.5. The molecule has 16 heteroatoms. The van der Waals surface area contributed by atoms with Gasteiger partial charge in [0.1, 0.15) is 11.5 Å². The number of nitrogens with zero attached hydrogens (tertiary/aromatic N) is 2. The van der Waals surface area contributed by atoms with Crippen LogP contribution in [0.15, 0.2) is 122 Å². The maximum Gasteiger partial charge on any atom is 0.344 e. The number of aromatic nitrogens is 2. The Labute approximate surface area is 362 Å². The van der Waals surface area contributed by atoms with Gasteiger partial charge in [0.25, 0.3) is 11.8 Å². The molecule has 6 rings (SSSR count). The van der Waals surface area contributed by atoms with Gasteiger partial charge in [-0.05, 0) is 114 Å². The number of anilines is 2. The van der Waals surface area contributed by atoms with E-state index >= 15 is 0 Å². The predicted molar refractivity (Wildman–Crippen MR) is 233 cm³/mol. The van der Waals surface area contributed by atoms with Crippen molar-refractivity contribution >= 4 is 35.1 Å². The van der Waals surface area contributed by atoms with Gasteiger partial charge in [0.15, 0.2) is 24.8 Å². The fourth-order valence-corrected chi connectivity index (χ4v) is 6.08. The van der Waals surface area contributed by atoms with Crippen molar-refractivity contribution in [3.63, 3.8) is 0 Å². The Morgan fingerprint density at radius 3 is 1.54 bits per heavy atom. The van der Waals surface area contributed by atoms with Crippen molar-refractivity contribution in [2.75, 3.05) is 30.5 Å². The lowest BCUT2D eigenvalue weighted by atomic mass is 9.93. The summed E-state index contributed by atoms with van der Waals surface area (Å²) in [6.07, 6.45) is 5.56. The van der Waals surface area contributed by atoms with Gasteiger partial charge in [0.2, 0.25) is 0 Å². The number of halogens is 2. The highest BCUT2D eigenvalue weighted by atomic mass is 19.1. The number of carboxylic acids is 1. The first-order chi connectivity index (χ1) is 30.2. The average molecular weight is 861 g/mol. The molecule has 0 fully saturated rings. The number of rotatable bonds is 16. The maximum absolute atomic E-state index is 13.9. The summed E-state index contributed by atoms with van der Waals surface area (Å²) in [6.45, 7) is 5.24. The second-order valence-corrected chi connectivity index (χ2v) is 14.0. The van der Waals surface area contributed by atoms with E-state index in [4.69, 9.17) is 30.8 Å². The second-order valence-electron chi connectivity index (χ2n) is 14.0. The minimum atomic E-state index is -1.08. The van der Waals surface area contributed by atoms with Crippen LogP contribution in [-0.4, -0.2) is 58.6 Å².